The maximum absolute atomic E-state index is 13.1. The number of hydrogen-bond acceptors (Lipinski definition) is 4. The van der Waals surface area contributed by atoms with Crippen molar-refractivity contribution in [2.45, 2.75) is 51.3 Å². The molecule has 0 N–H and O–H groups in total. The summed E-state index contributed by atoms with van der Waals surface area (Å²) in [7, 11) is -1.64. The standard InChI is InChI=1S/C25H32N4O3S/c1-5-28(6-2)33(31,32)20-10-12-23-21(17-20)26-24(27(23)4)13-14-25(30)29-15-7-8-19-16-18(3)9-11-22(19)29/h9-12,16-17H,5-8,13-15H2,1-4H3. The van der Waals surface area contributed by atoms with Crippen LogP contribution in [0.25, 0.3) is 11.0 Å². The monoisotopic (exact) mass is 468 g/mol. The highest BCUT2D eigenvalue weighted by atomic mass is 32.2. The molecule has 4 rings (SSSR count). The molecule has 2 heterocycles. The number of anilines is 1. The second kappa shape index (κ2) is 9.27. The van der Waals surface area contributed by atoms with E-state index < -0.39 is 10.0 Å². The molecule has 0 unspecified atom stereocenters. The number of aromatic nitrogens is 2. The van der Waals surface area contributed by atoms with Gasteiger partial charge in [-0.25, -0.2) is 13.4 Å². The molecule has 7 nitrogen and oxygen atoms in total. The lowest BCUT2D eigenvalue weighted by Crippen LogP contribution is -2.35. The number of carbonyl (C=O) groups is 1. The summed E-state index contributed by atoms with van der Waals surface area (Å²) in [6.07, 6.45) is 2.83. The Bertz CT molecular complexity index is 1290. The van der Waals surface area contributed by atoms with Crippen LogP contribution in [-0.4, -0.2) is 47.8 Å². The van der Waals surface area contributed by atoms with Gasteiger partial charge in [0.05, 0.1) is 15.9 Å². The van der Waals surface area contributed by atoms with Gasteiger partial charge in [0.25, 0.3) is 0 Å². The zero-order chi connectivity index (χ0) is 23.8. The minimum atomic E-state index is -3.54. The molecule has 0 saturated carbocycles. The highest BCUT2D eigenvalue weighted by Gasteiger charge is 2.24. The molecule has 1 aromatic heterocycles. The van der Waals surface area contributed by atoms with Gasteiger partial charge in [0, 0.05) is 45.2 Å². The second-order valence-electron chi connectivity index (χ2n) is 8.61. The Kier molecular flexibility index (Phi) is 6.59. The van der Waals surface area contributed by atoms with Gasteiger partial charge in [-0.2, -0.15) is 4.31 Å². The van der Waals surface area contributed by atoms with Crippen LogP contribution in [0.2, 0.25) is 0 Å². The molecule has 1 amide bonds. The average Bonchev–Trinajstić information content (AvgIpc) is 3.12. The number of amides is 1. The molecule has 0 spiro atoms. The van der Waals surface area contributed by atoms with E-state index in [4.69, 9.17) is 0 Å². The minimum Gasteiger partial charge on any atom is -0.331 e. The number of carbonyl (C=O) groups excluding carboxylic acids is 1. The Balaban J connectivity index is 1.54. The quantitative estimate of drug-likeness (QED) is 0.528. The Hall–Kier alpha value is -2.71. The first-order valence-corrected chi connectivity index (χ1v) is 13.1. The van der Waals surface area contributed by atoms with E-state index in [-0.39, 0.29) is 10.8 Å². The maximum Gasteiger partial charge on any atom is 0.243 e. The van der Waals surface area contributed by atoms with E-state index in [9.17, 15) is 13.2 Å². The summed E-state index contributed by atoms with van der Waals surface area (Å²) in [4.78, 5) is 19.9. The van der Waals surface area contributed by atoms with Crippen LogP contribution in [0.1, 0.15) is 43.6 Å². The molecule has 2 aromatic carbocycles. The highest BCUT2D eigenvalue weighted by Crippen LogP contribution is 2.29. The van der Waals surface area contributed by atoms with Crippen molar-refractivity contribution in [1.29, 1.82) is 0 Å². The summed E-state index contributed by atoms with van der Waals surface area (Å²) in [5.74, 6) is 0.869. The molecular weight excluding hydrogens is 436 g/mol. The average molecular weight is 469 g/mol. The molecule has 0 bridgehead atoms. The van der Waals surface area contributed by atoms with Crippen LogP contribution in [0.4, 0.5) is 5.69 Å². The lowest BCUT2D eigenvalue weighted by Gasteiger charge is -2.30. The Morgan fingerprint density at radius 3 is 2.61 bits per heavy atom. The van der Waals surface area contributed by atoms with E-state index in [2.05, 4.69) is 30.1 Å². The summed E-state index contributed by atoms with van der Waals surface area (Å²) in [6, 6.07) is 11.3. The molecule has 0 atom stereocenters. The first-order valence-electron chi connectivity index (χ1n) is 11.6. The smallest absolute Gasteiger partial charge is 0.243 e. The van der Waals surface area contributed by atoms with Gasteiger partial charge in [-0.1, -0.05) is 31.5 Å². The van der Waals surface area contributed by atoms with Crippen molar-refractivity contribution in [3.8, 4) is 0 Å². The van der Waals surface area contributed by atoms with Crippen LogP contribution >= 0.6 is 0 Å². The first kappa shape index (κ1) is 23.4. The molecule has 0 saturated heterocycles. The van der Waals surface area contributed by atoms with Crippen LogP contribution in [0.3, 0.4) is 0 Å². The largest absolute Gasteiger partial charge is 0.331 e. The van der Waals surface area contributed by atoms with E-state index in [1.54, 1.807) is 18.2 Å². The number of nitrogens with zero attached hydrogens (tertiary/aromatic N) is 4. The van der Waals surface area contributed by atoms with Crippen molar-refractivity contribution in [3.63, 3.8) is 0 Å². The maximum atomic E-state index is 13.1. The SMILES string of the molecule is CCN(CC)S(=O)(=O)c1ccc2c(c1)nc(CCC(=O)N1CCCc3cc(C)ccc31)n2C. The Morgan fingerprint density at radius 1 is 1.12 bits per heavy atom. The van der Waals surface area contributed by atoms with Crippen molar-refractivity contribution < 1.29 is 13.2 Å². The number of fused-ring (bicyclic) bond motifs is 2. The lowest BCUT2D eigenvalue weighted by molar-refractivity contribution is -0.118. The summed E-state index contributed by atoms with van der Waals surface area (Å²) in [6.45, 7) is 7.32. The fraction of sp³-hybridized carbons (Fsp3) is 0.440. The number of rotatable bonds is 7. The minimum absolute atomic E-state index is 0.0941. The molecular formula is C25H32N4O3S. The van der Waals surface area contributed by atoms with Crippen molar-refractivity contribution in [1.82, 2.24) is 13.9 Å². The third kappa shape index (κ3) is 4.42. The number of hydrogen-bond donors (Lipinski definition) is 0. The van der Waals surface area contributed by atoms with Crippen LogP contribution in [0, 0.1) is 6.92 Å². The fourth-order valence-electron chi connectivity index (χ4n) is 4.66. The number of aryl methyl sites for hydroxylation is 4. The molecule has 176 valence electrons. The zero-order valence-corrected chi connectivity index (χ0v) is 20.7. The third-order valence-electron chi connectivity index (χ3n) is 6.51. The Labute approximate surface area is 196 Å². The second-order valence-corrected chi connectivity index (χ2v) is 10.5. The van der Waals surface area contributed by atoms with E-state index >= 15 is 0 Å². The van der Waals surface area contributed by atoms with Gasteiger partial charge >= 0.3 is 0 Å². The zero-order valence-electron chi connectivity index (χ0n) is 19.8. The van der Waals surface area contributed by atoms with Gasteiger partial charge in [-0.15, -0.1) is 0 Å². The van der Waals surface area contributed by atoms with Gasteiger partial charge < -0.3 is 9.47 Å². The van der Waals surface area contributed by atoms with Gasteiger partial charge in [0.2, 0.25) is 15.9 Å². The number of benzene rings is 2. The Morgan fingerprint density at radius 2 is 1.88 bits per heavy atom. The molecule has 3 aromatic rings. The van der Waals surface area contributed by atoms with E-state index in [0.717, 1.165) is 36.4 Å². The van der Waals surface area contributed by atoms with Gasteiger partial charge in [0.15, 0.2) is 0 Å². The summed E-state index contributed by atoms with van der Waals surface area (Å²) < 4.78 is 29.2. The van der Waals surface area contributed by atoms with E-state index in [0.29, 0.717) is 31.4 Å². The van der Waals surface area contributed by atoms with Crippen LogP contribution in [0.15, 0.2) is 41.3 Å². The fourth-order valence-corrected chi connectivity index (χ4v) is 6.14. The van der Waals surface area contributed by atoms with Crippen LogP contribution in [-0.2, 0) is 34.7 Å². The first-order chi connectivity index (χ1) is 15.8. The molecule has 1 aliphatic rings. The summed E-state index contributed by atoms with van der Waals surface area (Å²) >= 11 is 0. The molecule has 0 radical (unpaired) electrons. The lowest BCUT2D eigenvalue weighted by atomic mass is 9.99. The molecule has 0 aliphatic carbocycles. The van der Waals surface area contributed by atoms with Crippen LogP contribution in [0.5, 0.6) is 0 Å². The third-order valence-corrected chi connectivity index (χ3v) is 8.55. The molecule has 0 fully saturated rings. The summed E-state index contributed by atoms with van der Waals surface area (Å²) in [5, 5.41) is 0. The number of sulfonamides is 1. The normalized spacial score (nSPS) is 14.2. The van der Waals surface area contributed by atoms with E-state index in [1.165, 1.54) is 15.4 Å². The van der Waals surface area contributed by atoms with Gasteiger partial charge in [-0.3, -0.25) is 4.79 Å². The molecule has 33 heavy (non-hydrogen) atoms. The van der Waals surface area contributed by atoms with Crippen molar-refractivity contribution in [2.75, 3.05) is 24.5 Å². The highest BCUT2D eigenvalue weighted by molar-refractivity contribution is 7.89. The van der Waals surface area contributed by atoms with Crippen molar-refractivity contribution in [3.05, 3.63) is 53.3 Å². The number of imidazole rings is 1. The van der Waals surface area contributed by atoms with Crippen molar-refractivity contribution >= 4 is 32.7 Å². The topological polar surface area (TPSA) is 75.5 Å². The van der Waals surface area contributed by atoms with Gasteiger partial charge in [-0.05, 0) is 49.6 Å². The predicted molar refractivity (Wildman–Crippen MR) is 131 cm³/mol. The predicted octanol–water partition coefficient (Wildman–Crippen LogP) is 3.82. The molecule has 1 aliphatic heterocycles. The summed E-state index contributed by atoms with van der Waals surface area (Å²) in [5.41, 5.74) is 4.96. The van der Waals surface area contributed by atoms with Gasteiger partial charge in [0.1, 0.15) is 5.82 Å². The van der Waals surface area contributed by atoms with Crippen LogP contribution < -0.4 is 4.90 Å². The van der Waals surface area contributed by atoms with E-state index in [1.807, 2.05) is 30.4 Å². The molecule has 8 heteroatoms. The van der Waals surface area contributed by atoms with Crippen molar-refractivity contribution in [2.24, 2.45) is 7.05 Å².